The van der Waals surface area contributed by atoms with Crippen LogP contribution in [0.25, 0.3) is 0 Å². The van der Waals surface area contributed by atoms with Gasteiger partial charge in [0.15, 0.2) is 0 Å². The van der Waals surface area contributed by atoms with Crippen molar-refractivity contribution in [3.05, 3.63) is 28.8 Å². The van der Waals surface area contributed by atoms with Crippen molar-refractivity contribution < 1.29 is 13.2 Å². The summed E-state index contributed by atoms with van der Waals surface area (Å²) in [6, 6.07) is 5.03. The third kappa shape index (κ3) is 3.61. The molecule has 1 aromatic carbocycles. The predicted octanol–water partition coefficient (Wildman–Crippen LogP) is 1.43. The van der Waals surface area contributed by atoms with Crippen LogP contribution in [-0.4, -0.2) is 31.9 Å². The van der Waals surface area contributed by atoms with E-state index in [1.807, 2.05) is 0 Å². The summed E-state index contributed by atoms with van der Waals surface area (Å²) in [6.07, 6.45) is 1.13. The molecule has 0 radical (unpaired) electrons. The standard InChI is InChI=1S/C12H15ClN2O3S/c13-11-2-1-9(7-10(11)12(14)16)15-8-3-5-19(17,18)6-4-8/h1-2,7-8,15H,3-6H2,(H2,14,16). The molecular formula is C12H15ClN2O3S. The van der Waals surface area contributed by atoms with Gasteiger partial charge in [0.05, 0.1) is 22.1 Å². The van der Waals surface area contributed by atoms with E-state index in [1.54, 1.807) is 18.2 Å². The molecule has 0 aromatic heterocycles. The fourth-order valence-electron chi connectivity index (χ4n) is 2.07. The summed E-state index contributed by atoms with van der Waals surface area (Å²) in [5, 5.41) is 3.52. The van der Waals surface area contributed by atoms with Crippen molar-refractivity contribution in [3.8, 4) is 0 Å². The summed E-state index contributed by atoms with van der Waals surface area (Å²) < 4.78 is 22.7. The van der Waals surface area contributed by atoms with Crippen LogP contribution in [0.15, 0.2) is 18.2 Å². The van der Waals surface area contributed by atoms with Crippen LogP contribution < -0.4 is 11.1 Å². The van der Waals surface area contributed by atoms with E-state index in [0.717, 1.165) is 5.69 Å². The number of carbonyl (C=O) groups is 1. The molecule has 0 saturated carbocycles. The molecule has 0 spiro atoms. The topological polar surface area (TPSA) is 89.3 Å². The minimum atomic E-state index is -2.87. The summed E-state index contributed by atoms with van der Waals surface area (Å²) in [6.45, 7) is 0. The first-order valence-electron chi connectivity index (χ1n) is 5.94. The third-order valence-electron chi connectivity index (χ3n) is 3.16. The van der Waals surface area contributed by atoms with Gasteiger partial charge >= 0.3 is 0 Å². The van der Waals surface area contributed by atoms with E-state index >= 15 is 0 Å². The minimum absolute atomic E-state index is 0.0884. The average molecular weight is 303 g/mol. The Bertz CT molecular complexity index is 587. The Hall–Kier alpha value is -1.27. The molecule has 104 valence electrons. The molecule has 19 heavy (non-hydrogen) atoms. The molecule has 1 fully saturated rings. The first-order valence-corrected chi connectivity index (χ1v) is 8.14. The normalized spacial score (nSPS) is 19.0. The van der Waals surface area contributed by atoms with Crippen molar-refractivity contribution in [2.75, 3.05) is 16.8 Å². The van der Waals surface area contributed by atoms with Crippen LogP contribution in [0.5, 0.6) is 0 Å². The van der Waals surface area contributed by atoms with Gasteiger partial charge in [0.2, 0.25) is 5.91 Å². The molecule has 0 unspecified atom stereocenters. The highest BCUT2D eigenvalue weighted by atomic mass is 35.5. The number of rotatable bonds is 3. The second-order valence-corrected chi connectivity index (χ2v) is 7.34. The smallest absolute Gasteiger partial charge is 0.250 e. The molecule has 0 atom stereocenters. The van der Waals surface area contributed by atoms with Crippen LogP contribution in [0.4, 0.5) is 5.69 Å². The number of halogens is 1. The highest BCUT2D eigenvalue weighted by Gasteiger charge is 2.23. The Morgan fingerprint density at radius 1 is 1.32 bits per heavy atom. The molecule has 7 heteroatoms. The van der Waals surface area contributed by atoms with Crippen LogP contribution in [0, 0.1) is 0 Å². The van der Waals surface area contributed by atoms with E-state index in [4.69, 9.17) is 17.3 Å². The van der Waals surface area contributed by atoms with Crippen LogP contribution in [-0.2, 0) is 9.84 Å². The Kier molecular flexibility index (Phi) is 4.01. The number of hydrogen-bond acceptors (Lipinski definition) is 4. The summed E-state index contributed by atoms with van der Waals surface area (Å²) in [7, 11) is -2.87. The van der Waals surface area contributed by atoms with Crippen molar-refractivity contribution in [1.82, 2.24) is 0 Å². The van der Waals surface area contributed by atoms with Crippen molar-refractivity contribution in [3.63, 3.8) is 0 Å². The van der Waals surface area contributed by atoms with Gasteiger partial charge in [-0.05, 0) is 31.0 Å². The van der Waals surface area contributed by atoms with Crippen LogP contribution in [0.1, 0.15) is 23.2 Å². The SMILES string of the molecule is NC(=O)c1cc(NC2CCS(=O)(=O)CC2)ccc1Cl. The number of carbonyl (C=O) groups excluding carboxylic acids is 1. The number of sulfone groups is 1. The van der Waals surface area contributed by atoms with E-state index < -0.39 is 15.7 Å². The van der Waals surface area contributed by atoms with Crippen LogP contribution >= 0.6 is 11.6 Å². The number of hydrogen-bond donors (Lipinski definition) is 2. The minimum Gasteiger partial charge on any atom is -0.382 e. The van der Waals surface area contributed by atoms with Crippen molar-refractivity contribution in [1.29, 1.82) is 0 Å². The summed E-state index contributed by atoms with van der Waals surface area (Å²) in [5.41, 5.74) is 6.21. The van der Waals surface area contributed by atoms with Crippen molar-refractivity contribution in [2.45, 2.75) is 18.9 Å². The molecule has 1 amide bonds. The van der Waals surface area contributed by atoms with E-state index in [9.17, 15) is 13.2 Å². The number of primary amides is 1. The largest absolute Gasteiger partial charge is 0.382 e. The Morgan fingerprint density at radius 3 is 2.53 bits per heavy atom. The second kappa shape index (κ2) is 5.38. The molecule has 3 N–H and O–H groups in total. The number of amides is 1. The Morgan fingerprint density at radius 2 is 1.95 bits per heavy atom. The van der Waals surface area contributed by atoms with Crippen molar-refractivity contribution in [2.24, 2.45) is 5.73 Å². The number of anilines is 1. The van der Waals surface area contributed by atoms with Gasteiger partial charge in [-0.25, -0.2) is 8.42 Å². The molecule has 1 saturated heterocycles. The Labute approximate surface area is 117 Å². The highest BCUT2D eigenvalue weighted by Crippen LogP contribution is 2.23. The highest BCUT2D eigenvalue weighted by molar-refractivity contribution is 7.91. The first-order chi connectivity index (χ1) is 8.87. The van der Waals surface area contributed by atoms with Gasteiger partial charge in [0, 0.05) is 11.7 Å². The lowest BCUT2D eigenvalue weighted by Gasteiger charge is -2.24. The molecule has 1 aliphatic rings. The van der Waals surface area contributed by atoms with Gasteiger partial charge in [-0.3, -0.25) is 4.79 Å². The van der Waals surface area contributed by atoms with E-state index in [2.05, 4.69) is 5.32 Å². The zero-order chi connectivity index (χ0) is 14.0. The zero-order valence-corrected chi connectivity index (χ0v) is 11.8. The lowest BCUT2D eigenvalue weighted by atomic mass is 10.1. The quantitative estimate of drug-likeness (QED) is 0.884. The Balaban J connectivity index is 2.08. The molecule has 0 bridgehead atoms. The fraction of sp³-hybridized carbons (Fsp3) is 0.417. The summed E-state index contributed by atoms with van der Waals surface area (Å²) >= 11 is 5.86. The van der Waals surface area contributed by atoms with E-state index in [-0.39, 0.29) is 23.1 Å². The fourth-order valence-corrected chi connectivity index (χ4v) is 3.78. The maximum Gasteiger partial charge on any atom is 0.250 e. The molecule has 1 aliphatic heterocycles. The maximum atomic E-state index is 11.3. The molecule has 1 heterocycles. The molecule has 1 aromatic rings. The molecule has 5 nitrogen and oxygen atoms in total. The molecule has 0 aliphatic carbocycles. The van der Waals surface area contributed by atoms with E-state index in [0.29, 0.717) is 17.9 Å². The van der Waals surface area contributed by atoms with Gasteiger partial charge in [-0.15, -0.1) is 0 Å². The lowest BCUT2D eigenvalue weighted by Crippen LogP contribution is -2.32. The zero-order valence-electron chi connectivity index (χ0n) is 10.2. The third-order valence-corrected chi connectivity index (χ3v) is 5.20. The second-order valence-electron chi connectivity index (χ2n) is 4.63. The van der Waals surface area contributed by atoms with Gasteiger partial charge in [0.25, 0.3) is 0 Å². The monoisotopic (exact) mass is 302 g/mol. The van der Waals surface area contributed by atoms with Gasteiger partial charge < -0.3 is 11.1 Å². The molecule has 2 rings (SSSR count). The van der Waals surface area contributed by atoms with Crippen LogP contribution in [0.3, 0.4) is 0 Å². The molecular weight excluding hydrogens is 288 g/mol. The first kappa shape index (κ1) is 14.1. The van der Waals surface area contributed by atoms with E-state index in [1.165, 1.54) is 0 Å². The summed E-state index contributed by atoms with van der Waals surface area (Å²) in [4.78, 5) is 11.2. The number of nitrogens with two attached hydrogens (primary N) is 1. The maximum absolute atomic E-state index is 11.3. The number of benzene rings is 1. The predicted molar refractivity (Wildman–Crippen MR) is 75.3 cm³/mol. The van der Waals surface area contributed by atoms with Crippen LogP contribution in [0.2, 0.25) is 5.02 Å². The lowest BCUT2D eigenvalue weighted by molar-refractivity contribution is 0.100. The average Bonchev–Trinajstić information content (AvgIpc) is 2.34. The van der Waals surface area contributed by atoms with Gasteiger partial charge in [-0.2, -0.15) is 0 Å². The van der Waals surface area contributed by atoms with Gasteiger partial charge in [-0.1, -0.05) is 11.6 Å². The summed E-state index contributed by atoms with van der Waals surface area (Å²) in [5.74, 6) is -0.193. The number of nitrogens with one attached hydrogen (secondary N) is 1. The van der Waals surface area contributed by atoms with Crippen molar-refractivity contribution >= 4 is 33.0 Å². The van der Waals surface area contributed by atoms with Gasteiger partial charge in [0.1, 0.15) is 9.84 Å².